The van der Waals surface area contributed by atoms with Crippen LogP contribution in [0, 0.1) is 6.92 Å². The van der Waals surface area contributed by atoms with Gasteiger partial charge in [0.2, 0.25) is 10.0 Å². The number of nitrogens with one attached hydrogen (secondary N) is 2. The van der Waals surface area contributed by atoms with Crippen molar-refractivity contribution in [2.24, 2.45) is 0 Å². The van der Waals surface area contributed by atoms with E-state index in [1.807, 2.05) is 0 Å². The van der Waals surface area contributed by atoms with E-state index >= 15 is 0 Å². The Hall–Kier alpha value is -3.60. The predicted molar refractivity (Wildman–Crippen MR) is 154 cm³/mol. The van der Waals surface area contributed by atoms with Crippen molar-refractivity contribution >= 4 is 49.9 Å². The minimum absolute atomic E-state index is 0.164. The summed E-state index contributed by atoms with van der Waals surface area (Å²) >= 11 is 1.16. The SMILES string of the molecule is Cc1nc(Nc2cccc(N3CC[C@H](O)C3=O)n2)sc1-c1cc2c(c(S(=O)(=O)NC(C)C)c1)C(=O)N([C@@H](C)C(F)(F)F)C2. The zero-order valence-corrected chi connectivity index (χ0v) is 25.2. The van der Waals surface area contributed by atoms with E-state index in [4.69, 9.17) is 0 Å². The predicted octanol–water partition coefficient (Wildman–Crippen LogP) is 3.95. The van der Waals surface area contributed by atoms with Gasteiger partial charge in [0.25, 0.3) is 11.8 Å². The number of alkyl halides is 3. The number of benzene rings is 1. The maximum absolute atomic E-state index is 13.6. The van der Waals surface area contributed by atoms with Gasteiger partial charge in [0.15, 0.2) is 5.13 Å². The highest BCUT2D eigenvalue weighted by Crippen LogP contribution is 2.41. The number of halogens is 3. The van der Waals surface area contributed by atoms with Crippen molar-refractivity contribution in [3.05, 3.63) is 47.2 Å². The molecule has 2 aliphatic rings. The summed E-state index contributed by atoms with van der Waals surface area (Å²) in [6.07, 6.45) is -5.47. The van der Waals surface area contributed by atoms with Crippen molar-refractivity contribution in [2.75, 3.05) is 16.8 Å². The summed E-state index contributed by atoms with van der Waals surface area (Å²) in [4.78, 5) is 36.5. The molecule has 1 aromatic carbocycles. The van der Waals surface area contributed by atoms with Gasteiger partial charge < -0.3 is 15.3 Å². The summed E-state index contributed by atoms with van der Waals surface area (Å²) < 4.78 is 69.8. The lowest BCUT2D eigenvalue weighted by atomic mass is 10.0. The van der Waals surface area contributed by atoms with Gasteiger partial charge in [0, 0.05) is 25.6 Å². The molecule has 3 N–H and O–H groups in total. The average Bonchev–Trinajstić information content (AvgIpc) is 3.56. The highest BCUT2D eigenvalue weighted by atomic mass is 32.2. The van der Waals surface area contributed by atoms with Crippen LogP contribution in [0.2, 0.25) is 0 Å². The Labute approximate surface area is 249 Å². The van der Waals surface area contributed by atoms with E-state index in [-0.39, 0.29) is 11.1 Å². The third kappa shape index (κ3) is 5.96. The number of anilines is 3. The van der Waals surface area contributed by atoms with Crippen LogP contribution in [0.1, 0.15) is 48.8 Å². The fourth-order valence-corrected chi connectivity index (χ4v) is 7.49. The monoisotopic (exact) mass is 638 g/mol. The molecule has 0 radical (unpaired) electrons. The van der Waals surface area contributed by atoms with Crippen molar-refractivity contribution < 1.29 is 36.3 Å². The van der Waals surface area contributed by atoms with Crippen LogP contribution in [0.5, 0.6) is 0 Å². The van der Waals surface area contributed by atoms with Crippen LogP contribution < -0.4 is 14.9 Å². The first-order valence-electron chi connectivity index (χ1n) is 13.3. The van der Waals surface area contributed by atoms with Crippen molar-refractivity contribution in [1.82, 2.24) is 19.6 Å². The van der Waals surface area contributed by atoms with Gasteiger partial charge in [-0.15, -0.1) is 0 Å². The van der Waals surface area contributed by atoms with Crippen LogP contribution in [-0.4, -0.2) is 71.1 Å². The molecule has 2 atom stereocenters. The lowest BCUT2D eigenvalue weighted by Crippen LogP contribution is -2.43. The number of carbonyl (C=O) groups excluding carboxylic acids is 2. The highest BCUT2D eigenvalue weighted by Gasteiger charge is 2.46. The number of rotatable bonds is 8. The molecule has 0 saturated carbocycles. The normalized spacial score (nSPS) is 18.1. The van der Waals surface area contributed by atoms with Gasteiger partial charge in [0.1, 0.15) is 23.8 Å². The number of aliphatic hydroxyl groups excluding tert-OH is 1. The second-order valence-electron chi connectivity index (χ2n) is 10.7. The van der Waals surface area contributed by atoms with Gasteiger partial charge in [-0.05, 0) is 63.1 Å². The molecule has 2 amide bonds. The minimum atomic E-state index is -4.70. The number of fused-ring (bicyclic) bond motifs is 1. The van der Waals surface area contributed by atoms with Crippen LogP contribution in [0.3, 0.4) is 0 Å². The molecule has 16 heteroatoms. The second kappa shape index (κ2) is 11.2. The van der Waals surface area contributed by atoms with Crippen LogP contribution in [0.4, 0.5) is 29.9 Å². The Kier molecular flexibility index (Phi) is 8.00. The van der Waals surface area contributed by atoms with Gasteiger partial charge in [-0.3, -0.25) is 14.5 Å². The highest BCUT2D eigenvalue weighted by molar-refractivity contribution is 7.89. The van der Waals surface area contributed by atoms with E-state index in [1.54, 1.807) is 39.0 Å². The first kappa shape index (κ1) is 30.8. The van der Waals surface area contributed by atoms with Gasteiger partial charge in [0.05, 0.1) is 21.0 Å². The zero-order chi connectivity index (χ0) is 31.4. The number of carbonyl (C=O) groups is 2. The number of aliphatic hydroxyl groups is 1. The van der Waals surface area contributed by atoms with Gasteiger partial charge in [-0.1, -0.05) is 17.4 Å². The second-order valence-corrected chi connectivity index (χ2v) is 13.4. The lowest BCUT2D eigenvalue weighted by Gasteiger charge is -2.26. The number of hydrogen-bond acceptors (Lipinski definition) is 9. The molecular weight excluding hydrogens is 609 g/mol. The molecule has 4 heterocycles. The van der Waals surface area contributed by atoms with Crippen molar-refractivity contribution in [3.63, 3.8) is 0 Å². The van der Waals surface area contributed by atoms with E-state index in [2.05, 4.69) is 20.0 Å². The average molecular weight is 639 g/mol. The fraction of sp³-hybridized carbons (Fsp3) is 0.407. The smallest absolute Gasteiger partial charge is 0.383 e. The van der Waals surface area contributed by atoms with Gasteiger partial charge in [-0.25, -0.2) is 23.1 Å². The summed E-state index contributed by atoms with van der Waals surface area (Å²) in [5.41, 5.74) is 0.762. The molecular formula is C27H29F3N6O5S2. The summed E-state index contributed by atoms with van der Waals surface area (Å²) in [7, 11) is -4.28. The number of sulfonamides is 1. The molecule has 2 aliphatic heterocycles. The Morgan fingerprint density at radius 2 is 1.86 bits per heavy atom. The molecule has 3 aromatic rings. The summed E-state index contributed by atoms with van der Waals surface area (Å²) in [6, 6.07) is 5.16. The molecule has 0 unspecified atom stereocenters. The van der Waals surface area contributed by atoms with E-state index in [0.717, 1.165) is 18.3 Å². The van der Waals surface area contributed by atoms with Crippen molar-refractivity contribution in [1.29, 1.82) is 0 Å². The number of pyridine rings is 1. The van der Waals surface area contributed by atoms with Crippen LogP contribution >= 0.6 is 11.3 Å². The van der Waals surface area contributed by atoms with Gasteiger partial charge >= 0.3 is 6.18 Å². The molecule has 5 rings (SSSR count). The quantitative estimate of drug-likeness (QED) is 0.337. The first-order chi connectivity index (χ1) is 20.1. The third-order valence-electron chi connectivity index (χ3n) is 7.10. The van der Waals surface area contributed by atoms with Crippen LogP contribution in [-0.2, 0) is 21.4 Å². The first-order valence-corrected chi connectivity index (χ1v) is 15.6. The van der Waals surface area contributed by atoms with E-state index in [1.165, 1.54) is 17.0 Å². The molecule has 1 fully saturated rings. The lowest BCUT2D eigenvalue weighted by molar-refractivity contribution is -0.172. The van der Waals surface area contributed by atoms with Crippen LogP contribution in [0.15, 0.2) is 35.2 Å². The molecule has 230 valence electrons. The maximum Gasteiger partial charge on any atom is 0.408 e. The number of nitrogens with zero attached hydrogens (tertiary/aromatic N) is 4. The van der Waals surface area contributed by atoms with E-state index in [0.29, 0.717) is 50.8 Å². The molecule has 1 saturated heterocycles. The Balaban J connectivity index is 1.52. The number of thiazole rings is 1. The minimum Gasteiger partial charge on any atom is -0.383 e. The molecule has 0 spiro atoms. The fourth-order valence-electron chi connectivity index (χ4n) is 5.01. The summed E-state index contributed by atoms with van der Waals surface area (Å²) in [6.45, 7) is 5.67. The number of aromatic nitrogens is 2. The van der Waals surface area contributed by atoms with Crippen molar-refractivity contribution in [3.8, 4) is 10.4 Å². The number of aryl methyl sites for hydroxylation is 1. The van der Waals surface area contributed by atoms with Crippen molar-refractivity contribution in [2.45, 2.75) is 69.9 Å². The van der Waals surface area contributed by atoms with E-state index < -0.39 is 57.6 Å². The Morgan fingerprint density at radius 1 is 1.14 bits per heavy atom. The molecule has 0 aliphatic carbocycles. The third-order valence-corrected chi connectivity index (χ3v) is 9.91. The summed E-state index contributed by atoms with van der Waals surface area (Å²) in [5, 5.41) is 13.2. The zero-order valence-electron chi connectivity index (χ0n) is 23.6. The standard InChI is InChI=1S/C27H29F3N6O5S2/c1-13(2)34-43(40,41)19-11-16(10-17-12-36(25(39)22(17)19)15(4)27(28,29)30)23-14(3)31-26(42-23)33-20-6-5-7-21(32-20)35-9-8-18(37)24(35)38/h5-7,10-11,13,15,18,34,37H,8-9,12H2,1-4H3,(H,31,32,33)/t15-,18-/m0/s1. The largest absolute Gasteiger partial charge is 0.408 e. The maximum atomic E-state index is 13.6. The topological polar surface area (TPSA) is 145 Å². The Morgan fingerprint density at radius 3 is 2.49 bits per heavy atom. The summed E-state index contributed by atoms with van der Waals surface area (Å²) in [5.74, 6) is -0.719. The Bertz CT molecular complexity index is 1710. The van der Waals surface area contributed by atoms with Gasteiger partial charge in [-0.2, -0.15) is 13.2 Å². The number of amides is 2. The molecule has 43 heavy (non-hydrogen) atoms. The number of hydrogen-bond donors (Lipinski definition) is 3. The molecule has 11 nitrogen and oxygen atoms in total. The van der Waals surface area contributed by atoms with E-state index in [9.17, 15) is 36.3 Å². The molecule has 2 aromatic heterocycles. The molecule has 0 bridgehead atoms. The van der Waals surface area contributed by atoms with Crippen LogP contribution in [0.25, 0.3) is 10.4 Å².